The fourth-order valence-electron chi connectivity index (χ4n) is 1.51. The van der Waals surface area contributed by atoms with E-state index in [9.17, 15) is 0 Å². The molecular weight excluding hydrogens is 216 g/mol. The number of nitrogens with zero attached hydrogens (tertiary/aromatic N) is 2. The van der Waals surface area contributed by atoms with E-state index in [0.29, 0.717) is 6.42 Å². The van der Waals surface area contributed by atoms with Crippen LogP contribution < -0.4 is 0 Å². The second-order valence-electron chi connectivity index (χ2n) is 3.28. The summed E-state index contributed by atoms with van der Waals surface area (Å²) in [4.78, 5) is 3.18. The highest BCUT2D eigenvalue weighted by Crippen LogP contribution is 2.17. The molecule has 1 heterocycles. The zero-order chi connectivity index (χ0) is 8.81. The maximum atomic E-state index is 8.36. The SMILES string of the molecule is N#CCCCN1CCC(Br)CC1. The summed E-state index contributed by atoms with van der Waals surface area (Å²) in [5, 5.41) is 8.36. The molecular formula is C9H15BrN2. The van der Waals surface area contributed by atoms with Crippen molar-refractivity contribution in [2.24, 2.45) is 0 Å². The van der Waals surface area contributed by atoms with E-state index in [4.69, 9.17) is 5.26 Å². The minimum atomic E-state index is 0.703. The number of unbranched alkanes of at least 4 members (excludes halogenated alkanes) is 1. The van der Waals surface area contributed by atoms with Crippen LogP contribution in [0, 0.1) is 11.3 Å². The van der Waals surface area contributed by atoms with Gasteiger partial charge >= 0.3 is 0 Å². The molecule has 0 radical (unpaired) electrons. The third-order valence-corrected chi connectivity index (χ3v) is 3.20. The van der Waals surface area contributed by atoms with Gasteiger partial charge in [0, 0.05) is 11.2 Å². The van der Waals surface area contributed by atoms with E-state index in [2.05, 4.69) is 26.9 Å². The lowest BCUT2D eigenvalue weighted by Gasteiger charge is -2.28. The van der Waals surface area contributed by atoms with Crippen LogP contribution in [0.15, 0.2) is 0 Å². The molecule has 0 unspecified atom stereocenters. The Balaban J connectivity index is 2.06. The molecule has 3 heteroatoms. The van der Waals surface area contributed by atoms with Crippen LogP contribution in [0.2, 0.25) is 0 Å². The van der Waals surface area contributed by atoms with Gasteiger partial charge in [-0.2, -0.15) is 5.26 Å². The summed E-state index contributed by atoms with van der Waals surface area (Å²) >= 11 is 3.62. The van der Waals surface area contributed by atoms with Crippen LogP contribution in [0.4, 0.5) is 0 Å². The minimum Gasteiger partial charge on any atom is -0.303 e. The van der Waals surface area contributed by atoms with E-state index < -0.39 is 0 Å². The quantitative estimate of drug-likeness (QED) is 0.549. The first-order valence-electron chi connectivity index (χ1n) is 4.56. The van der Waals surface area contributed by atoms with Gasteiger partial charge in [0.1, 0.15) is 0 Å². The second-order valence-corrected chi connectivity index (χ2v) is 4.57. The highest BCUT2D eigenvalue weighted by molar-refractivity contribution is 9.09. The van der Waals surface area contributed by atoms with E-state index in [-0.39, 0.29) is 0 Å². The van der Waals surface area contributed by atoms with Gasteiger partial charge in [-0.15, -0.1) is 0 Å². The number of hydrogen-bond donors (Lipinski definition) is 0. The van der Waals surface area contributed by atoms with Crippen molar-refractivity contribution >= 4 is 15.9 Å². The molecule has 1 rings (SSSR count). The van der Waals surface area contributed by atoms with Crippen molar-refractivity contribution in [2.45, 2.75) is 30.5 Å². The van der Waals surface area contributed by atoms with Crippen molar-refractivity contribution < 1.29 is 0 Å². The van der Waals surface area contributed by atoms with Gasteiger partial charge in [-0.1, -0.05) is 15.9 Å². The maximum Gasteiger partial charge on any atom is 0.0622 e. The lowest BCUT2D eigenvalue weighted by atomic mass is 10.1. The van der Waals surface area contributed by atoms with Crippen LogP contribution in [-0.4, -0.2) is 29.4 Å². The first-order chi connectivity index (χ1) is 5.83. The fourth-order valence-corrected chi connectivity index (χ4v) is 1.92. The van der Waals surface area contributed by atoms with Crippen molar-refractivity contribution in [3.63, 3.8) is 0 Å². The van der Waals surface area contributed by atoms with Gasteiger partial charge in [0.2, 0.25) is 0 Å². The summed E-state index contributed by atoms with van der Waals surface area (Å²) in [6, 6.07) is 2.18. The molecule has 0 bridgehead atoms. The molecule has 0 aliphatic carbocycles. The fraction of sp³-hybridized carbons (Fsp3) is 0.889. The predicted octanol–water partition coefficient (Wildman–Crippen LogP) is 2.15. The summed E-state index contributed by atoms with van der Waals surface area (Å²) in [6.45, 7) is 3.50. The molecule has 1 aliphatic rings. The third kappa shape index (κ3) is 3.55. The Bertz CT molecular complexity index is 156. The van der Waals surface area contributed by atoms with E-state index in [1.165, 1.54) is 25.9 Å². The van der Waals surface area contributed by atoms with E-state index in [0.717, 1.165) is 17.8 Å². The number of likely N-dealkylation sites (tertiary alicyclic amines) is 1. The van der Waals surface area contributed by atoms with Gasteiger partial charge in [-0.25, -0.2) is 0 Å². The zero-order valence-electron chi connectivity index (χ0n) is 7.30. The third-order valence-electron chi connectivity index (χ3n) is 2.28. The highest BCUT2D eigenvalue weighted by Gasteiger charge is 2.15. The molecule has 12 heavy (non-hydrogen) atoms. The van der Waals surface area contributed by atoms with Gasteiger partial charge < -0.3 is 4.90 Å². The van der Waals surface area contributed by atoms with Gasteiger partial charge in [0.15, 0.2) is 0 Å². The molecule has 1 aliphatic heterocycles. The van der Waals surface area contributed by atoms with Crippen LogP contribution in [0.3, 0.4) is 0 Å². The Morgan fingerprint density at radius 3 is 2.67 bits per heavy atom. The lowest BCUT2D eigenvalue weighted by Crippen LogP contribution is -2.34. The minimum absolute atomic E-state index is 0.703. The Morgan fingerprint density at radius 1 is 1.42 bits per heavy atom. The average molecular weight is 231 g/mol. The van der Waals surface area contributed by atoms with Crippen molar-refractivity contribution in [2.75, 3.05) is 19.6 Å². The summed E-state index contributed by atoms with van der Waals surface area (Å²) in [5.74, 6) is 0. The molecule has 1 fully saturated rings. The van der Waals surface area contributed by atoms with Gasteiger partial charge in [0.05, 0.1) is 6.07 Å². The summed E-state index contributed by atoms with van der Waals surface area (Å²) in [5.41, 5.74) is 0. The molecule has 0 spiro atoms. The number of halogens is 1. The lowest BCUT2D eigenvalue weighted by molar-refractivity contribution is 0.232. The van der Waals surface area contributed by atoms with Crippen molar-refractivity contribution in [1.29, 1.82) is 5.26 Å². The molecule has 2 nitrogen and oxygen atoms in total. The standard InChI is InChI=1S/C9H15BrN2/c10-9-3-7-12(8-4-9)6-2-1-5-11/h9H,1-4,6-8H2. The summed E-state index contributed by atoms with van der Waals surface area (Å²) in [6.07, 6.45) is 4.25. The van der Waals surface area contributed by atoms with Gasteiger partial charge in [0.25, 0.3) is 0 Å². The normalized spacial score (nSPS) is 20.7. The maximum absolute atomic E-state index is 8.36. The largest absolute Gasteiger partial charge is 0.303 e. The van der Waals surface area contributed by atoms with Crippen LogP contribution in [0.5, 0.6) is 0 Å². The molecule has 1 saturated heterocycles. The smallest absolute Gasteiger partial charge is 0.0622 e. The van der Waals surface area contributed by atoms with Crippen molar-refractivity contribution in [1.82, 2.24) is 4.90 Å². The number of alkyl halides is 1. The Hall–Kier alpha value is -0.0700. The first-order valence-corrected chi connectivity index (χ1v) is 5.48. The van der Waals surface area contributed by atoms with E-state index in [1.807, 2.05) is 0 Å². The number of rotatable bonds is 3. The Morgan fingerprint density at radius 2 is 2.08 bits per heavy atom. The summed E-state index contributed by atoms with van der Waals surface area (Å²) in [7, 11) is 0. The molecule has 0 aromatic carbocycles. The molecule has 0 amide bonds. The first kappa shape index (κ1) is 10.0. The van der Waals surface area contributed by atoms with E-state index >= 15 is 0 Å². The van der Waals surface area contributed by atoms with Crippen molar-refractivity contribution in [3.05, 3.63) is 0 Å². The molecule has 0 atom stereocenters. The molecule has 0 aromatic rings. The predicted molar refractivity (Wildman–Crippen MR) is 53.2 cm³/mol. The van der Waals surface area contributed by atoms with Crippen LogP contribution in [-0.2, 0) is 0 Å². The molecule has 0 N–H and O–H groups in total. The van der Waals surface area contributed by atoms with Crippen LogP contribution in [0.1, 0.15) is 25.7 Å². The van der Waals surface area contributed by atoms with Gasteiger partial charge in [-0.3, -0.25) is 0 Å². The Labute approximate surface area is 82.7 Å². The van der Waals surface area contributed by atoms with E-state index in [1.54, 1.807) is 0 Å². The van der Waals surface area contributed by atoms with Crippen LogP contribution >= 0.6 is 15.9 Å². The monoisotopic (exact) mass is 230 g/mol. The molecule has 0 saturated carbocycles. The average Bonchev–Trinajstić information content (AvgIpc) is 2.09. The number of nitriles is 1. The highest BCUT2D eigenvalue weighted by atomic mass is 79.9. The topological polar surface area (TPSA) is 27.0 Å². The summed E-state index contributed by atoms with van der Waals surface area (Å²) < 4.78 is 0. The second kappa shape index (κ2) is 5.55. The van der Waals surface area contributed by atoms with Crippen LogP contribution in [0.25, 0.3) is 0 Å². The molecule has 0 aromatic heterocycles. The zero-order valence-corrected chi connectivity index (χ0v) is 8.89. The molecule has 68 valence electrons. The van der Waals surface area contributed by atoms with Crippen molar-refractivity contribution in [3.8, 4) is 6.07 Å². The Kier molecular flexibility index (Phi) is 4.63. The van der Waals surface area contributed by atoms with Gasteiger partial charge in [-0.05, 0) is 38.9 Å². The number of piperidine rings is 1. The number of hydrogen-bond acceptors (Lipinski definition) is 2.